The van der Waals surface area contributed by atoms with Gasteiger partial charge in [-0.2, -0.15) is 0 Å². The number of unbranched alkanes of at least 4 members (excludes halogenated alkanes) is 9. The fourth-order valence-corrected chi connectivity index (χ4v) is 2.39. The summed E-state index contributed by atoms with van der Waals surface area (Å²) in [6, 6.07) is 0. The van der Waals surface area contributed by atoms with Gasteiger partial charge in [0.2, 0.25) is 0 Å². The van der Waals surface area contributed by atoms with Gasteiger partial charge in [-0.15, -0.1) is 6.58 Å². The van der Waals surface area contributed by atoms with Crippen LogP contribution in [-0.4, -0.2) is 24.7 Å². The van der Waals surface area contributed by atoms with Crippen molar-refractivity contribution in [3.8, 4) is 0 Å². The van der Waals surface area contributed by atoms with Crippen LogP contribution in [0.15, 0.2) is 12.7 Å². The zero-order chi connectivity index (χ0) is 14.2. The van der Waals surface area contributed by atoms with Crippen LogP contribution in [0, 0.1) is 0 Å². The second-order valence-electron chi connectivity index (χ2n) is 5.56. The van der Waals surface area contributed by atoms with Gasteiger partial charge in [0.1, 0.15) is 0 Å². The molecule has 0 amide bonds. The molecule has 0 aliphatic carbocycles. The lowest BCUT2D eigenvalue weighted by atomic mass is 10.1. The highest BCUT2D eigenvalue weighted by Gasteiger charge is 2.01. The molecule has 19 heavy (non-hydrogen) atoms. The van der Waals surface area contributed by atoms with Gasteiger partial charge in [0.05, 0.1) is 0 Å². The maximum Gasteiger partial charge on any atom is 0.0455 e. The summed E-state index contributed by atoms with van der Waals surface area (Å²) in [6.07, 6.45) is 16.7. The molecule has 0 saturated heterocycles. The molecule has 0 rings (SSSR count). The smallest absolute Gasteiger partial charge is 0.0455 e. The van der Waals surface area contributed by atoms with E-state index in [0.717, 1.165) is 6.67 Å². The first-order valence-electron chi connectivity index (χ1n) is 8.38. The molecule has 2 heteroatoms. The lowest BCUT2D eigenvalue weighted by molar-refractivity contribution is 0.267. The zero-order valence-electron chi connectivity index (χ0n) is 13.2. The molecular formula is C17H36N2. The van der Waals surface area contributed by atoms with E-state index in [4.69, 9.17) is 5.73 Å². The van der Waals surface area contributed by atoms with Crippen LogP contribution in [0.4, 0.5) is 0 Å². The van der Waals surface area contributed by atoms with Gasteiger partial charge in [-0.3, -0.25) is 4.90 Å². The minimum absolute atomic E-state index is 0.726. The van der Waals surface area contributed by atoms with E-state index in [0.29, 0.717) is 0 Å². The van der Waals surface area contributed by atoms with Crippen LogP contribution in [0.25, 0.3) is 0 Å². The number of hydrogen-bond donors (Lipinski definition) is 1. The Labute approximate surface area is 121 Å². The number of allylic oxidation sites excluding steroid dienone is 1. The Morgan fingerprint density at radius 1 is 0.842 bits per heavy atom. The van der Waals surface area contributed by atoms with E-state index in [1.807, 2.05) is 6.08 Å². The first-order chi connectivity index (χ1) is 9.35. The molecule has 0 saturated carbocycles. The second-order valence-corrected chi connectivity index (χ2v) is 5.56. The largest absolute Gasteiger partial charge is 0.318 e. The Balaban J connectivity index is 3.31. The topological polar surface area (TPSA) is 29.3 Å². The van der Waals surface area contributed by atoms with Crippen LogP contribution < -0.4 is 5.73 Å². The summed E-state index contributed by atoms with van der Waals surface area (Å²) in [5.74, 6) is 0. The van der Waals surface area contributed by atoms with Gasteiger partial charge in [-0.05, 0) is 38.8 Å². The fourth-order valence-electron chi connectivity index (χ4n) is 2.39. The first kappa shape index (κ1) is 18.7. The summed E-state index contributed by atoms with van der Waals surface area (Å²) in [6.45, 7) is 9.12. The highest BCUT2D eigenvalue weighted by Crippen LogP contribution is 2.07. The van der Waals surface area contributed by atoms with Crippen molar-refractivity contribution < 1.29 is 0 Å². The Kier molecular flexibility index (Phi) is 15.4. The summed E-state index contributed by atoms with van der Waals surface area (Å²) in [5.41, 5.74) is 5.81. The van der Waals surface area contributed by atoms with Crippen LogP contribution in [0.2, 0.25) is 0 Å². The molecule has 0 aromatic rings. The second kappa shape index (κ2) is 15.7. The number of nitrogens with two attached hydrogens (primary N) is 1. The minimum Gasteiger partial charge on any atom is -0.318 e. The molecule has 0 aromatic carbocycles. The van der Waals surface area contributed by atoms with Crippen molar-refractivity contribution >= 4 is 0 Å². The SMILES string of the molecule is C=CCCCCCCCN(CN)CCCCCCC. The number of nitrogens with zero attached hydrogens (tertiary/aromatic N) is 1. The third-order valence-corrected chi connectivity index (χ3v) is 3.72. The van der Waals surface area contributed by atoms with Gasteiger partial charge in [-0.25, -0.2) is 0 Å². The lowest BCUT2D eigenvalue weighted by Gasteiger charge is -2.19. The molecule has 0 aromatic heterocycles. The van der Waals surface area contributed by atoms with Crippen molar-refractivity contribution in [2.45, 2.75) is 77.6 Å². The van der Waals surface area contributed by atoms with Gasteiger partial charge in [0.25, 0.3) is 0 Å². The zero-order valence-corrected chi connectivity index (χ0v) is 13.2. The van der Waals surface area contributed by atoms with Crippen molar-refractivity contribution in [1.82, 2.24) is 4.90 Å². The molecule has 2 nitrogen and oxygen atoms in total. The standard InChI is InChI=1S/C17H36N2/c1-3-5-7-9-10-12-14-16-19(17-18)15-13-11-8-6-4-2/h3H,1,4-18H2,2H3. The normalized spacial score (nSPS) is 11.1. The molecule has 0 aliphatic rings. The Morgan fingerprint density at radius 2 is 1.37 bits per heavy atom. The van der Waals surface area contributed by atoms with E-state index in [1.165, 1.54) is 83.7 Å². The van der Waals surface area contributed by atoms with Crippen molar-refractivity contribution in [3.63, 3.8) is 0 Å². The van der Waals surface area contributed by atoms with Crippen LogP contribution in [-0.2, 0) is 0 Å². The van der Waals surface area contributed by atoms with Crippen LogP contribution >= 0.6 is 0 Å². The van der Waals surface area contributed by atoms with E-state index in [-0.39, 0.29) is 0 Å². The van der Waals surface area contributed by atoms with E-state index in [9.17, 15) is 0 Å². The van der Waals surface area contributed by atoms with Crippen molar-refractivity contribution in [1.29, 1.82) is 0 Å². The summed E-state index contributed by atoms with van der Waals surface area (Å²) in [7, 11) is 0. The van der Waals surface area contributed by atoms with Gasteiger partial charge in [0, 0.05) is 6.67 Å². The van der Waals surface area contributed by atoms with Crippen molar-refractivity contribution in [3.05, 3.63) is 12.7 Å². The molecule has 2 N–H and O–H groups in total. The van der Waals surface area contributed by atoms with Crippen LogP contribution in [0.3, 0.4) is 0 Å². The third-order valence-electron chi connectivity index (χ3n) is 3.72. The van der Waals surface area contributed by atoms with Crippen LogP contribution in [0.1, 0.15) is 77.6 Å². The lowest BCUT2D eigenvalue weighted by Crippen LogP contribution is -2.31. The Hall–Kier alpha value is -0.340. The highest BCUT2D eigenvalue weighted by atomic mass is 15.2. The van der Waals surface area contributed by atoms with E-state index in [2.05, 4.69) is 18.4 Å². The maximum absolute atomic E-state index is 5.81. The third kappa shape index (κ3) is 13.9. The molecule has 0 radical (unpaired) electrons. The summed E-state index contributed by atoms with van der Waals surface area (Å²) in [5, 5.41) is 0. The molecule has 114 valence electrons. The van der Waals surface area contributed by atoms with Crippen molar-refractivity contribution in [2.75, 3.05) is 19.8 Å². The number of rotatable bonds is 15. The maximum atomic E-state index is 5.81. The molecule has 0 unspecified atom stereocenters. The molecule has 0 spiro atoms. The molecule has 0 bridgehead atoms. The molecular weight excluding hydrogens is 232 g/mol. The van der Waals surface area contributed by atoms with E-state index < -0.39 is 0 Å². The van der Waals surface area contributed by atoms with Gasteiger partial charge < -0.3 is 5.73 Å². The summed E-state index contributed by atoms with van der Waals surface area (Å²) in [4.78, 5) is 2.41. The molecule has 0 heterocycles. The fraction of sp³-hybridized carbons (Fsp3) is 0.882. The minimum atomic E-state index is 0.726. The summed E-state index contributed by atoms with van der Waals surface area (Å²) >= 11 is 0. The quantitative estimate of drug-likeness (QED) is 0.265. The van der Waals surface area contributed by atoms with Gasteiger partial charge >= 0.3 is 0 Å². The predicted molar refractivity (Wildman–Crippen MR) is 87.3 cm³/mol. The van der Waals surface area contributed by atoms with Gasteiger partial charge in [0.15, 0.2) is 0 Å². The highest BCUT2D eigenvalue weighted by molar-refractivity contribution is 4.65. The monoisotopic (exact) mass is 268 g/mol. The molecule has 0 atom stereocenters. The molecule has 0 aliphatic heterocycles. The number of hydrogen-bond acceptors (Lipinski definition) is 2. The average Bonchev–Trinajstić information content (AvgIpc) is 2.44. The predicted octanol–water partition coefficient (Wildman–Crippen LogP) is 4.70. The van der Waals surface area contributed by atoms with Gasteiger partial charge in [-0.1, -0.05) is 57.9 Å². The Bertz CT molecular complexity index is 180. The first-order valence-corrected chi connectivity index (χ1v) is 8.38. The van der Waals surface area contributed by atoms with Crippen LogP contribution in [0.5, 0.6) is 0 Å². The summed E-state index contributed by atoms with van der Waals surface area (Å²) < 4.78 is 0. The van der Waals surface area contributed by atoms with E-state index >= 15 is 0 Å². The Morgan fingerprint density at radius 3 is 1.89 bits per heavy atom. The van der Waals surface area contributed by atoms with E-state index in [1.54, 1.807) is 0 Å². The average molecular weight is 268 g/mol. The van der Waals surface area contributed by atoms with Crippen molar-refractivity contribution in [2.24, 2.45) is 5.73 Å². The molecule has 0 fully saturated rings.